The van der Waals surface area contributed by atoms with Crippen molar-refractivity contribution in [3.8, 4) is 11.3 Å². The number of aromatic nitrogens is 1. The zero-order valence-electron chi connectivity index (χ0n) is 14.4. The maximum absolute atomic E-state index is 13.4. The highest BCUT2D eigenvalue weighted by Crippen LogP contribution is 2.38. The Balaban J connectivity index is 1.95. The van der Waals surface area contributed by atoms with E-state index in [0.717, 1.165) is 24.3 Å². The molecule has 0 atom stereocenters. The Morgan fingerprint density at radius 2 is 1.36 bits per heavy atom. The monoisotopic (exact) mass is 401 g/mol. The Bertz CT molecular complexity index is 1240. The second kappa shape index (κ2) is 6.53. The van der Waals surface area contributed by atoms with E-state index < -0.39 is 21.6 Å². The number of sulfone groups is 1. The quantitative estimate of drug-likeness (QED) is 0.480. The molecule has 0 aliphatic carbocycles. The van der Waals surface area contributed by atoms with Gasteiger partial charge in [0.2, 0.25) is 9.84 Å². The summed E-state index contributed by atoms with van der Waals surface area (Å²) >= 11 is 0. The number of hydrogen-bond donors (Lipinski definition) is 1. The number of hydrogen-bond acceptors (Lipinski definition) is 2. The highest BCUT2D eigenvalue weighted by Gasteiger charge is 2.32. The van der Waals surface area contributed by atoms with Crippen LogP contribution in [-0.2, 0) is 16.0 Å². The minimum atomic E-state index is -4.53. The van der Waals surface area contributed by atoms with E-state index in [1.165, 1.54) is 0 Å². The second-order valence-electron chi connectivity index (χ2n) is 6.27. The van der Waals surface area contributed by atoms with Gasteiger partial charge in [0.05, 0.1) is 16.2 Å². The Morgan fingerprint density at radius 3 is 2.00 bits per heavy atom. The van der Waals surface area contributed by atoms with Crippen LogP contribution >= 0.6 is 0 Å². The summed E-state index contributed by atoms with van der Waals surface area (Å²) in [5.41, 5.74) is 0.811. The molecule has 28 heavy (non-hydrogen) atoms. The van der Waals surface area contributed by atoms with Crippen molar-refractivity contribution in [2.45, 2.75) is 16.0 Å². The van der Waals surface area contributed by atoms with Crippen molar-refractivity contribution in [1.82, 2.24) is 4.98 Å². The lowest BCUT2D eigenvalue weighted by molar-refractivity contribution is -0.137. The molecule has 0 spiro atoms. The first-order valence-corrected chi connectivity index (χ1v) is 9.85. The number of alkyl halides is 3. The van der Waals surface area contributed by atoms with E-state index >= 15 is 0 Å². The smallest absolute Gasteiger partial charge is 0.353 e. The first-order chi connectivity index (χ1) is 13.3. The molecule has 0 unspecified atom stereocenters. The van der Waals surface area contributed by atoms with E-state index in [2.05, 4.69) is 4.98 Å². The highest BCUT2D eigenvalue weighted by molar-refractivity contribution is 7.91. The fraction of sp³-hybridized carbons (Fsp3) is 0.0476. The lowest BCUT2D eigenvalue weighted by Gasteiger charge is -2.10. The van der Waals surface area contributed by atoms with Gasteiger partial charge in [0, 0.05) is 10.9 Å². The number of fused-ring (bicyclic) bond motifs is 1. The van der Waals surface area contributed by atoms with E-state index in [1.54, 1.807) is 48.5 Å². The van der Waals surface area contributed by atoms with Crippen LogP contribution < -0.4 is 0 Å². The van der Waals surface area contributed by atoms with E-state index in [4.69, 9.17) is 0 Å². The van der Waals surface area contributed by atoms with Gasteiger partial charge in [-0.2, -0.15) is 13.2 Å². The number of nitrogens with one attached hydrogen (secondary N) is 1. The third-order valence-electron chi connectivity index (χ3n) is 4.48. The predicted octanol–water partition coefficient (Wildman–Crippen LogP) is 5.69. The molecule has 4 aromatic rings. The highest BCUT2D eigenvalue weighted by atomic mass is 32.2. The van der Waals surface area contributed by atoms with E-state index in [1.807, 2.05) is 6.07 Å². The fourth-order valence-electron chi connectivity index (χ4n) is 3.14. The fourth-order valence-corrected chi connectivity index (χ4v) is 4.78. The number of rotatable bonds is 3. The van der Waals surface area contributed by atoms with Crippen LogP contribution in [0.5, 0.6) is 0 Å². The topological polar surface area (TPSA) is 49.9 Å². The standard InChI is InChI=1S/C21H14F3NO2S/c22-21(23,24)15-10-12-16(13-11-15)28(26,27)20-17-8-4-5-9-18(17)25-19(20)14-6-2-1-3-7-14/h1-13,25H. The summed E-state index contributed by atoms with van der Waals surface area (Å²) in [6, 6.07) is 19.4. The third kappa shape index (κ3) is 3.07. The molecule has 0 saturated carbocycles. The molecular weight excluding hydrogens is 387 g/mol. The van der Waals surface area contributed by atoms with E-state index in [0.29, 0.717) is 22.2 Å². The Hall–Kier alpha value is -3.06. The summed E-state index contributed by atoms with van der Waals surface area (Å²) < 4.78 is 65.2. The van der Waals surface area contributed by atoms with Crippen LogP contribution in [0.4, 0.5) is 13.2 Å². The van der Waals surface area contributed by atoms with Crippen molar-refractivity contribution >= 4 is 20.7 Å². The second-order valence-corrected chi connectivity index (χ2v) is 8.15. The first kappa shape index (κ1) is 18.3. The first-order valence-electron chi connectivity index (χ1n) is 8.37. The van der Waals surface area contributed by atoms with Gasteiger partial charge in [0.15, 0.2) is 0 Å². The van der Waals surface area contributed by atoms with Crippen LogP contribution in [0, 0.1) is 0 Å². The molecule has 0 aliphatic heterocycles. The van der Waals surface area contributed by atoms with Crippen molar-refractivity contribution in [3.05, 3.63) is 84.4 Å². The van der Waals surface area contributed by atoms with Crippen molar-refractivity contribution in [2.75, 3.05) is 0 Å². The lowest BCUT2D eigenvalue weighted by atomic mass is 10.1. The Kier molecular flexibility index (Phi) is 4.27. The largest absolute Gasteiger partial charge is 0.416 e. The summed E-state index contributed by atoms with van der Waals surface area (Å²) in [7, 11) is -4.06. The molecule has 1 heterocycles. The van der Waals surface area contributed by atoms with Crippen molar-refractivity contribution < 1.29 is 21.6 Å². The summed E-state index contributed by atoms with van der Waals surface area (Å²) in [6.07, 6.45) is -4.53. The lowest BCUT2D eigenvalue weighted by Crippen LogP contribution is -2.07. The maximum atomic E-state index is 13.4. The van der Waals surface area contributed by atoms with Gasteiger partial charge in [-0.3, -0.25) is 0 Å². The molecule has 7 heteroatoms. The zero-order valence-corrected chi connectivity index (χ0v) is 15.2. The number of halogens is 3. The van der Waals surface area contributed by atoms with Gasteiger partial charge < -0.3 is 4.98 Å². The van der Waals surface area contributed by atoms with Gasteiger partial charge in [-0.15, -0.1) is 0 Å². The SMILES string of the molecule is O=S(=O)(c1ccc(C(F)(F)F)cc1)c1c(-c2ccccc2)[nH]c2ccccc12. The summed E-state index contributed by atoms with van der Waals surface area (Å²) in [5.74, 6) is 0. The van der Waals surface area contributed by atoms with Gasteiger partial charge in [0.1, 0.15) is 4.90 Å². The number of H-pyrrole nitrogens is 1. The molecule has 3 nitrogen and oxygen atoms in total. The Morgan fingerprint density at radius 1 is 0.750 bits per heavy atom. The van der Waals surface area contributed by atoms with Crippen LogP contribution in [0.15, 0.2) is 88.7 Å². The number of benzene rings is 3. The third-order valence-corrected chi connectivity index (χ3v) is 6.34. The molecule has 1 N–H and O–H groups in total. The molecule has 0 radical (unpaired) electrons. The minimum Gasteiger partial charge on any atom is -0.353 e. The average Bonchev–Trinajstić information content (AvgIpc) is 3.08. The molecule has 0 saturated heterocycles. The summed E-state index contributed by atoms with van der Waals surface area (Å²) in [5, 5.41) is 0.487. The number of para-hydroxylation sites is 1. The molecule has 0 bridgehead atoms. The molecule has 0 amide bonds. The predicted molar refractivity (Wildman–Crippen MR) is 101 cm³/mol. The van der Waals surface area contributed by atoms with Gasteiger partial charge in [-0.1, -0.05) is 48.5 Å². The molecule has 1 aromatic heterocycles. The number of aromatic amines is 1. The van der Waals surface area contributed by atoms with Crippen LogP contribution in [0.1, 0.15) is 5.56 Å². The molecule has 4 rings (SSSR count). The van der Waals surface area contributed by atoms with Gasteiger partial charge in [-0.05, 0) is 35.9 Å². The van der Waals surface area contributed by atoms with Crippen LogP contribution in [0.3, 0.4) is 0 Å². The van der Waals surface area contributed by atoms with Gasteiger partial charge in [0.25, 0.3) is 0 Å². The van der Waals surface area contributed by atoms with Crippen molar-refractivity contribution in [2.24, 2.45) is 0 Å². The van der Waals surface area contributed by atoms with Crippen LogP contribution in [0.2, 0.25) is 0 Å². The van der Waals surface area contributed by atoms with Gasteiger partial charge >= 0.3 is 6.18 Å². The minimum absolute atomic E-state index is 0.0501. The van der Waals surface area contributed by atoms with Crippen LogP contribution in [-0.4, -0.2) is 13.4 Å². The Labute approximate surface area is 159 Å². The maximum Gasteiger partial charge on any atom is 0.416 e. The van der Waals surface area contributed by atoms with E-state index in [9.17, 15) is 21.6 Å². The normalized spacial score (nSPS) is 12.4. The van der Waals surface area contributed by atoms with Crippen LogP contribution in [0.25, 0.3) is 22.2 Å². The van der Waals surface area contributed by atoms with E-state index in [-0.39, 0.29) is 9.79 Å². The summed E-state index contributed by atoms with van der Waals surface area (Å²) in [4.78, 5) is 2.99. The summed E-state index contributed by atoms with van der Waals surface area (Å²) in [6.45, 7) is 0. The van der Waals surface area contributed by atoms with Crippen molar-refractivity contribution in [3.63, 3.8) is 0 Å². The van der Waals surface area contributed by atoms with Gasteiger partial charge in [-0.25, -0.2) is 8.42 Å². The van der Waals surface area contributed by atoms with Crippen molar-refractivity contribution in [1.29, 1.82) is 0 Å². The molecular formula is C21H14F3NO2S. The molecule has 3 aromatic carbocycles. The zero-order chi connectivity index (χ0) is 19.9. The molecule has 0 aliphatic rings. The molecule has 142 valence electrons. The molecule has 0 fully saturated rings. The average molecular weight is 401 g/mol.